The van der Waals surface area contributed by atoms with Gasteiger partial charge in [-0.3, -0.25) is 9.59 Å². The molecular weight excluding hydrogens is 451 g/mol. The maximum atomic E-state index is 13.6. The summed E-state index contributed by atoms with van der Waals surface area (Å²) in [4.78, 5) is 28.9. The highest BCUT2D eigenvalue weighted by Crippen LogP contribution is 2.23. The Balaban J connectivity index is 1.83. The fraction of sp³-hybridized carbons (Fsp3) is 0.400. The molecule has 3 rings (SSSR count). The minimum Gasteiger partial charge on any atom is -0.395 e. The third-order valence-corrected chi connectivity index (χ3v) is 5.47. The maximum absolute atomic E-state index is 13.6. The van der Waals surface area contributed by atoms with Gasteiger partial charge in [-0.25, -0.2) is 4.39 Å². The molecule has 0 radical (unpaired) electrons. The molecule has 0 saturated carbocycles. The number of hydrogen-bond donors (Lipinski definition) is 2. The standard InChI is InChI=1S/C25H31FN6O3/c1-17(2)12-13-27-25(35)23(19-8-10-21(26)11-9-19)31(14-15-33)22(34)16-32-29-24(28-30-32)20-6-4-18(3)5-7-20/h4-11,17,23,33H,12-16H2,1-3H3,(H,27,35). The molecule has 1 atom stereocenters. The first-order valence-corrected chi connectivity index (χ1v) is 11.6. The molecule has 0 aliphatic heterocycles. The number of rotatable bonds is 11. The van der Waals surface area contributed by atoms with E-state index in [1.807, 2.05) is 45.0 Å². The number of carbonyl (C=O) groups is 2. The SMILES string of the molecule is Cc1ccc(-c2nnn(CC(=O)N(CCO)C(C(=O)NCCC(C)C)c3ccc(F)cc3)n2)cc1. The van der Waals surface area contributed by atoms with Crippen LogP contribution in [0.15, 0.2) is 48.5 Å². The van der Waals surface area contributed by atoms with Crippen LogP contribution in [-0.4, -0.2) is 61.7 Å². The first-order valence-electron chi connectivity index (χ1n) is 11.6. The average molecular weight is 483 g/mol. The highest BCUT2D eigenvalue weighted by molar-refractivity contribution is 5.88. The van der Waals surface area contributed by atoms with Crippen LogP contribution in [0.5, 0.6) is 0 Å². The van der Waals surface area contributed by atoms with Crippen molar-refractivity contribution in [2.24, 2.45) is 5.92 Å². The van der Waals surface area contributed by atoms with E-state index in [2.05, 4.69) is 20.7 Å². The van der Waals surface area contributed by atoms with E-state index in [1.165, 1.54) is 29.2 Å². The van der Waals surface area contributed by atoms with Crippen molar-refractivity contribution in [1.82, 2.24) is 30.4 Å². The van der Waals surface area contributed by atoms with Crippen LogP contribution in [0.1, 0.15) is 37.4 Å². The van der Waals surface area contributed by atoms with E-state index in [-0.39, 0.29) is 19.7 Å². The van der Waals surface area contributed by atoms with Crippen LogP contribution in [0.3, 0.4) is 0 Å². The number of halogens is 1. The molecular formula is C25H31FN6O3. The van der Waals surface area contributed by atoms with Crippen molar-refractivity contribution in [3.8, 4) is 11.4 Å². The summed E-state index contributed by atoms with van der Waals surface area (Å²) >= 11 is 0. The quantitative estimate of drug-likeness (QED) is 0.434. The van der Waals surface area contributed by atoms with Gasteiger partial charge in [0.15, 0.2) is 0 Å². The molecule has 0 aliphatic carbocycles. The van der Waals surface area contributed by atoms with Gasteiger partial charge in [-0.05, 0) is 42.2 Å². The number of aliphatic hydroxyl groups is 1. The van der Waals surface area contributed by atoms with Crippen molar-refractivity contribution in [2.45, 2.75) is 39.8 Å². The normalized spacial score (nSPS) is 11.9. The van der Waals surface area contributed by atoms with Crippen molar-refractivity contribution in [3.63, 3.8) is 0 Å². The average Bonchev–Trinajstić information content (AvgIpc) is 3.28. The summed E-state index contributed by atoms with van der Waals surface area (Å²) in [6, 6.07) is 11.9. The highest BCUT2D eigenvalue weighted by Gasteiger charge is 2.31. The van der Waals surface area contributed by atoms with E-state index in [1.54, 1.807) is 0 Å². The van der Waals surface area contributed by atoms with Gasteiger partial charge in [0, 0.05) is 18.7 Å². The molecule has 2 amide bonds. The molecule has 35 heavy (non-hydrogen) atoms. The third-order valence-electron chi connectivity index (χ3n) is 5.47. The van der Waals surface area contributed by atoms with Gasteiger partial charge < -0.3 is 15.3 Å². The lowest BCUT2D eigenvalue weighted by molar-refractivity contribution is -0.142. The lowest BCUT2D eigenvalue weighted by atomic mass is 10.0. The van der Waals surface area contributed by atoms with Crippen LogP contribution in [0.2, 0.25) is 0 Å². The van der Waals surface area contributed by atoms with Crippen LogP contribution in [0.25, 0.3) is 11.4 Å². The minimum absolute atomic E-state index is 0.0992. The van der Waals surface area contributed by atoms with Crippen LogP contribution in [0.4, 0.5) is 4.39 Å². The number of tetrazole rings is 1. The molecule has 2 aromatic carbocycles. The second kappa shape index (κ2) is 12.2. The zero-order valence-electron chi connectivity index (χ0n) is 20.2. The number of amides is 2. The maximum Gasteiger partial charge on any atom is 0.247 e. The summed E-state index contributed by atoms with van der Waals surface area (Å²) in [6.45, 7) is 5.75. The molecule has 1 unspecified atom stereocenters. The minimum atomic E-state index is -1.05. The van der Waals surface area contributed by atoms with E-state index in [9.17, 15) is 19.1 Å². The van der Waals surface area contributed by atoms with Crippen molar-refractivity contribution in [2.75, 3.05) is 19.7 Å². The molecule has 186 valence electrons. The Hall–Kier alpha value is -3.66. The summed E-state index contributed by atoms with van der Waals surface area (Å²) < 4.78 is 13.6. The molecule has 0 aliphatic rings. The molecule has 0 spiro atoms. The number of nitrogens with one attached hydrogen (secondary N) is 1. The van der Waals surface area contributed by atoms with E-state index < -0.39 is 23.7 Å². The van der Waals surface area contributed by atoms with E-state index in [0.717, 1.165) is 22.3 Å². The van der Waals surface area contributed by atoms with E-state index >= 15 is 0 Å². The van der Waals surface area contributed by atoms with Gasteiger partial charge in [0.05, 0.1) is 6.61 Å². The first kappa shape index (κ1) is 26.0. The third kappa shape index (κ3) is 7.16. The molecule has 0 saturated heterocycles. The van der Waals surface area contributed by atoms with Gasteiger partial charge >= 0.3 is 0 Å². The van der Waals surface area contributed by atoms with Gasteiger partial charge in [0.1, 0.15) is 18.4 Å². The number of nitrogens with zero attached hydrogens (tertiary/aromatic N) is 5. The summed E-state index contributed by atoms with van der Waals surface area (Å²) in [5, 5.41) is 24.8. The predicted octanol–water partition coefficient (Wildman–Crippen LogP) is 2.51. The van der Waals surface area contributed by atoms with Crippen LogP contribution < -0.4 is 5.32 Å². The summed E-state index contributed by atoms with van der Waals surface area (Å²) in [6.07, 6.45) is 0.764. The molecule has 9 nitrogen and oxygen atoms in total. The van der Waals surface area contributed by atoms with Crippen molar-refractivity contribution >= 4 is 11.8 Å². The van der Waals surface area contributed by atoms with Crippen molar-refractivity contribution in [1.29, 1.82) is 0 Å². The second-order valence-electron chi connectivity index (χ2n) is 8.75. The second-order valence-corrected chi connectivity index (χ2v) is 8.75. The van der Waals surface area contributed by atoms with Crippen molar-refractivity contribution in [3.05, 3.63) is 65.5 Å². The van der Waals surface area contributed by atoms with Gasteiger partial charge in [-0.15, -0.1) is 10.2 Å². The van der Waals surface area contributed by atoms with Crippen LogP contribution in [0, 0.1) is 18.7 Å². The number of hydrogen-bond acceptors (Lipinski definition) is 6. The zero-order chi connectivity index (χ0) is 25.4. The zero-order valence-corrected chi connectivity index (χ0v) is 20.2. The first-order chi connectivity index (χ1) is 16.8. The Morgan fingerprint density at radius 2 is 1.80 bits per heavy atom. The molecule has 1 heterocycles. The largest absolute Gasteiger partial charge is 0.395 e. The van der Waals surface area contributed by atoms with Gasteiger partial charge in [0.2, 0.25) is 17.6 Å². The van der Waals surface area contributed by atoms with Crippen LogP contribution >= 0.6 is 0 Å². The lowest BCUT2D eigenvalue weighted by Gasteiger charge is -2.31. The summed E-state index contributed by atoms with van der Waals surface area (Å²) in [7, 11) is 0. The van der Waals surface area contributed by atoms with Gasteiger partial charge in [0.25, 0.3) is 0 Å². The smallest absolute Gasteiger partial charge is 0.247 e. The Labute approximate surface area is 204 Å². The highest BCUT2D eigenvalue weighted by atomic mass is 19.1. The number of aromatic nitrogens is 4. The van der Waals surface area contributed by atoms with Gasteiger partial charge in [-0.1, -0.05) is 55.8 Å². The Bertz CT molecular complexity index is 1110. The Morgan fingerprint density at radius 1 is 1.11 bits per heavy atom. The van der Waals surface area contributed by atoms with Crippen molar-refractivity contribution < 1.29 is 19.1 Å². The van der Waals surface area contributed by atoms with Crippen LogP contribution in [-0.2, 0) is 16.1 Å². The fourth-order valence-corrected chi connectivity index (χ4v) is 3.54. The predicted molar refractivity (Wildman–Crippen MR) is 128 cm³/mol. The monoisotopic (exact) mass is 482 g/mol. The molecule has 1 aromatic heterocycles. The number of benzene rings is 2. The molecule has 2 N–H and O–H groups in total. The summed E-state index contributed by atoms with van der Waals surface area (Å²) in [5.74, 6) is -0.599. The molecule has 0 bridgehead atoms. The molecule has 0 fully saturated rings. The number of aliphatic hydroxyl groups excluding tert-OH is 1. The van der Waals surface area contributed by atoms with E-state index in [0.29, 0.717) is 23.9 Å². The Kier molecular flexibility index (Phi) is 9.02. The fourth-order valence-electron chi connectivity index (χ4n) is 3.54. The molecule has 10 heteroatoms. The van der Waals surface area contributed by atoms with E-state index in [4.69, 9.17) is 0 Å². The molecule has 3 aromatic rings. The Morgan fingerprint density at radius 3 is 2.43 bits per heavy atom. The topological polar surface area (TPSA) is 113 Å². The summed E-state index contributed by atoms with van der Waals surface area (Å²) in [5.41, 5.74) is 2.28. The number of aryl methyl sites for hydroxylation is 1. The van der Waals surface area contributed by atoms with Gasteiger partial charge in [-0.2, -0.15) is 4.80 Å². The lowest BCUT2D eigenvalue weighted by Crippen LogP contribution is -2.46. The number of carbonyl (C=O) groups excluding carboxylic acids is 2.